The quantitative estimate of drug-likeness (QED) is 0.585. The van der Waals surface area contributed by atoms with E-state index in [0.717, 1.165) is 25.7 Å². The van der Waals surface area contributed by atoms with Gasteiger partial charge in [-0.05, 0) is 30.9 Å². The Labute approximate surface area is 72.3 Å². The molecule has 1 aliphatic rings. The molecule has 0 bridgehead atoms. The van der Waals surface area contributed by atoms with Crippen molar-refractivity contribution in [3.63, 3.8) is 0 Å². The average molecular weight is 163 g/mol. The Morgan fingerprint density at radius 1 is 1.50 bits per heavy atom. The monoisotopic (exact) mass is 163 g/mol. The number of aliphatic hydroxyl groups excluding tert-OH is 1. The standard InChI is InChI=1S/C10H13NO/c12-9-4-1-5-10-8(7-9)3-2-6-11-10/h2-3,6,9,12H,1,4-5,7H2/t9-/m0/s1. The van der Waals surface area contributed by atoms with Crippen molar-refractivity contribution in [1.29, 1.82) is 0 Å². The van der Waals surface area contributed by atoms with Gasteiger partial charge < -0.3 is 5.11 Å². The molecule has 1 heterocycles. The summed E-state index contributed by atoms with van der Waals surface area (Å²) < 4.78 is 0. The van der Waals surface area contributed by atoms with Crippen LogP contribution in [0.4, 0.5) is 0 Å². The minimum atomic E-state index is -0.157. The van der Waals surface area contributed by atoms with Crippen LogP contribution in [-0.4, -0.2) is 16.2 Å². The molecule has 0 unspecified atom stereocenters. The summed E-state index contributed by atoms with van der Waals surface area (Å²) in [5.74, 6) is 0. The van der Waals surface area contributed by atoms with Crippen molar-refractivity contribution in [2.75, 3.05) is 0 Å². The Kier molecular flexibility index (Phi) is 2.09. The van der Waals surface area contributed by atoms with Gasteiger partial charge in [0.1, 0.15) is 0 Å². The number of aromatic nitrogens is 1. The highest BCUT2D eigenvalue weighted by Gasteiger charge is 2.14. The van der Waals surface area contributed by atoms with Crippen molar-refractivity contribution in [1.82, 2.24) is 4.98 Å². The highest BCUT2D eigenvalue weighted by Crippen LogP contribution is 2.18. The van der Waals surface area contributed by atoms with E-state index in [1.807, 2.05) is 12.3 Å². The third-order valence-corrected chi connectivity index (χ3v) is 2.39. The second kappa shape index (κ2) is 3.23. The summed E-state index contributed by atoms with van der Waals surface area (Å²) in [6.07, 6.45) is 5.45. The van der Waals surface area contributed by atoms with Crippen molar-refractivity contribution in [2.24, 2.45) is 0 Å². The van der Waals surface area contributed by atoms with E-state index in [9.17, 15) is 5.11 Å². The van der Waals surface area contributed by atoms with Crippen LogP contribution >= 0.6 is 0 Å². The number of fused-ring (bicyclic) bond motifs is 1. The van der Waals surface area contributed by atoms with Gasteiger partial charge in [-0.3, -0.25) is 4.98 Å². The van der Waals surface area contributed by atoms with E-state index in [-0.39, 0.29) is 6.10 Å². The Balaban J connectivity index is 2.31. The first kappa shape index (κ1) is 7.74. The summed E-state index contributed by atoms with van der Waals surface area (Å²) in [6.45, 7) is 0. The van der Waals surface area contributed by atoms with Crippen LogP contribution in [0.3, 0.4) is 0 Å². The van der Waals surface area contributed by atoms with Crippen LogP contribution in [0.1, 0.15) is 24.1 Å². The Morgan fingerprint density at radius 3 is 3.33 bits per heavy atom. The van der Waals surface area contributed by atoms with Gasteiger partial charge in [0.25, 0.3) is 0 Å². The molecular formula is C10H13NO. The van der Waals surface area contributed by atoms with Gasteiger partial charge in [-0.1, -0.05) is 6.07 Å². The predicted octanol–water partition coefficient (Wildman–Crippen LogP) is 1.32. The summed E-state index contributed by atoms with van der Waals surface area (Å²) in [5, 5.41) is 9.51. The van der Waals surface area contributed by atoms with Crippen molar-refractivity contribution in [3.05, 3.63) is 29.6 Å². The maximum Gasteiger partial charge on any atom is 0.0581 e. The highest BCUT2D eigenvalue weighted by atomic mass is 16.3. The van der Waals surface area contributed by atoms with Crippen LogP contribution in [0.5, 0.6) is 0 Å². The molecule has 1 aliphatic carbocycles. The molecule has 0 saturated carbocycles. The number of rotatable bonds is 0. The van der Waals surface area contributed by atoms with Crippen molar-refractivity contribution in [3.8, 4) is 0 Å². The van der Waals surface area contributed by atoms with Gasteiger partial charge in [0, 0.05) is 18.3 Å². The molecule has 1 N–H and O–H groups in total. The summed E-state index contributed by atoms with van der Waals surface area (Å²) >= 11 is 0. The summed E-state index contributed by atoms with van der Waals surface area (Å²) in [6, 6.07) is 4.01. The Morgan fingerprint density at radius 2 is 2.42 bits per heavy atom. The number of aryl methyl sites for hydroxylation is 1. The Bertz CT molecular complexity index is 272. The molecule has 0 amide bonds. The lowest BCUT2D eigenvalue weighted by Crippen LogP contribution is -2.08. The smallest absolute Gasteiger partial charge is 0.0581 e. The van der Waals surface area contributed by atoms with Crippen molar-refractivity contribution >= 4 is 0 Å². The van der Waals surface area contributed by atoms with E-state index in [1.165, 1.54) is 11.3 Å². The molecule has 1 atom stereocenters. The molecule has 0 spiro atoms. The van der Waals surface area contributed by atoms with E-state index in [4.69, 9.17) is 0 Å². The molecule has 2 rings (SSSR count). The summed E-state index contributed by atoms with van der Waals surface area (Å²) in [4.78, 5) is 4.30. The van der Waals surface area contributed by atoms with Crippen LogP contribution in [-0.2, 0) is 12.8 Å². The van der Waals surface area contributed by atoms with E-state index in [1.54, 1.807) is 0 Å². The average Bonchev–Trinajstić information content (AvgIpc) is 2.25. The van der Waals surface area contributed by atoms with Crippen molar-refractivity contribution < 1.29 is 5.11 Å². The van der Waals surface area contributed by atoms with Crippen molar-refractivity contribution in [2.45, 2.75) is 31.8 Å². The largest absolute Gasteiger partial charge is 0.393 e. The number of pyridine rings is 1. The van der Waals surface area contributed by atoms with Gasteiger partial charge >= 0.3 is 0 Å². The molecule has 1 aromatic rings. The highest BCUT2D eigenvalue weighted by molar-refractivity contribution is 5.21. The molecule has 0 aromatic carbocycles. The van der Waals surface area contributed by atoms with Gasteiger partial charge in [0.05, 0.1) is 6.10 Å². The van der Waals surface area contributed by atoms with Gasteiger partial charge in [-0.25, -0.2) is 0 Å². The zero-order valence-electron chi connectivity index (χ0n) is 7.03. The van der Waals surface area contributed by atoms with Crippen LogP contribution < -0.4 is 0 Å². The molecule has 64 valence electrons. The van der Waals surface area contributed by atoms with Crippen LogP contribution in [0, 0.1) is 0 Å². The predicted molar refractivity (Wildman–Crippen MR) is 46.9 cm³/mol. The number of hydrogen-bond donors (Lipinski definition) is 1. The first-order chi connectivity index (χ1) is 5.86. The summed E-state index contributed by atoms with van der Waals surface area (Å²) in [7, 11) is 0. The first-order valence-electron chi connectivity index (χ1n) is 4.47. The Hall–Kier alpha value is -0.890. The van der Waals surface area contributed by atoms with Crippen LogP contribution in [0.2, 0.25) is 0 Å². The normalized spacial score (nSPS) is 22.9. The van der Waals surface area contributed by atoms with Gasteiger partial charge in [0.15, 0.2) is 0 Å². The molecule has 12 heavy (non-hydrogen) atoms. The fourth-order valence-electron chi connectivity index (χ4n) is 1.74. The lowest BCUT2D eigenvalue weighted by atomic mass is 10.1. The zero-order valence-corrected chi connectivity index (χ0v) is 7.03. The molecular weight excluding hydrogens is 150 g/mol. The van der Waals surface area contributed by atoms with E-state index in [0.29, 0.717) is 0 Å². The van der Waals surface area contributed by atoms with E-state index < -0.39 is 0 Å². The third-order valence-electron chi connectivity index (χ3n) is 2.39. The number of nitrogens with zero attached hydrogens (tertiary/aromatic N) is 1. The van der Waals surface area contributed by atoms with Crippen LogP contribution in [0.25, 0.3) is 0 Å². The van der Waals surface area contributed by atoms with Gasteiger partial charge in [-0.2, -0.15) is 0 Å². The van der Waals surface area contributed by atoms with Gasteiger partial charge in [0.2, 0.25) is 0 Å². The molecule has 2 nitrogen and oxygen atoms in total. The maximum absolute atomic E-state index is 9.51. The molecule has 0 aliphatic heterocycles. The fourth-order valence-corrected chi connectivity index (χ4v) is 1.74. The molecule has 0 saturated heterocycles. The number of hydrogen-bond acceptors (Lipinski definition) is 2. The minimum Gasteiger partial charge on any atom is -0.393 e. The topological polar surface area (TPSA) is 33.1 Å². The lowest BCUT2D eigenvalue weighted by molar-refractivity contribution is 0.165. The molecule has 0 radical (unpaired) electrons. The molecule has 2 heteroatoms. The van der Waals surface area contributed by atoms with E-state index in [2.05, 4.69) is 11.1 Å². The number of aliphatic hydroxyl groups is 1. The first-order valence-corrected chi connectivity index (χ1v) is 4.47. The fraction of sp³-hybridized carbons (Fsp3) is 0.500. The molecule has 0 fully saturated rings. The maximum atomic E-state index is 9.51. The minimum absolute atomic E-state index is 0.157. The SMILES string of the molecule is O[C@H]1CCCc2ncccc2C1. The second-order valence-corrected chi connectivity index (χ2v) is 3.36. The third kappa shape index (κ3) is 1.48. The second-order valence-electron chi connectivity index (χ2n) is 3.36. The van der Waals surface area contributed by atoms with Crippen LogP contribution in [0.15, 0.2) is 18.3 Å². The van der Waals surface area contributed by atoms with Gasteiger partial charge in [-0.15, -0.1) is 0 Å². The molecule has 1 aromatic heterocycles. The zero-order chi connectivity index (χ0) is 8.39. The summed E-state index contributed by atoms with van der Waals surface area (Å²) in [5.41, 5.74) is 2.40. The lowest BCUT2D eigenvalue weighted by Gasteiger charge is -2.05. The van der Waals surface area contributed by atoms with E-state index >= 15 is 0 Å².